The van der Waals surface area contributed by atoms with Gasteiger partial charge in [0.15, 0.2) is 17.3 Å². The SMILES string of the molecule is COc1ccc([C@@H](CC(N)=O)c2oc(CN3CCCCC3)cc(=O)c2O)cc1O. The summed E-state index contributed by atoms with van der Waals surface area (Å²) in [5, 5.41) is 20.5. The molecule has 29 heavy (non-hydrogen) atoms. The van der Waals surface area contributed by atoms with Gasteiger partial charge < -0.3 is 25.1 Å². The molecule has 1 atom stereocenters. The lowest BCUT2D eigenvalue weighted by Gasteiger charge is -2.26. The number of hydrogen-bond donors (Lipinski definition) is 3. The van der Waals surface area contributed by atoms with Crippen LogP contribution in [0, 0.1) is 0 Å². The van der Waals surface area contributed by atoms with Crippen LogP contribution in [0.4, 0.5) is 0 Å². The standard InChI is InChI=1S/C21H26N2O6/c1-28-18-6-5-13(9-16(18)24)15(11-19(22)26)21-20(27)17(25)10-14(29-21)12-23-7-3-2-4-8-23/h5-6,9-10,15,24,27H,2-4,7-8,11-12H2,1H3,(H2,22,26)/t15-/m1/s1. The van der Waals surface area contributed by atoms with Crippen molar-refractivity contribution in [3.63, 3.8) is 0 Å². The molecule has 0 unspecified atom stereocenters. The van der Waals surface area contributed by atoms with Gasteiger partial charge in [0.25, 0.3) is 0 Å². The van der Waals surface area contributed by atoms with E-state index in [1.54, 1.807) is 6.07 Å². The molecule has 1 aliphatic rings. The van der Waals surface area contributed by atoms with Crippen LogP contribution in [0.25, 0.3) is 0 Å². The molecule has 0 aliphatic carbocycles. The molecule has 1 aromatic heterocycles. The maximum absolute atomic E-state index is 12.4. The second kappa shape index (κ2) is 9.00. The lowest BCUT2D eigenvalue weighted by molar-refractivity contribution is -0.118. The van der Waals surface area contributed by atoms with Crippen LogP contribution in [0.2, 0.25) is 0 Å². The number of likely N-dealkylation sites (tertiary alicyclic amines) is 1. The topological polar surface area (TPSA) is 126 Å². The van der Waals surface area contributed by atoms with Gasteiger partial charge >= 0.3 is 0 Å². The molecule has 0 bridgehead atoms. The first-order valence-corrected chi connectivity index (χ1v) is 9.62. The number of aromatic hydroxyl groups is 2. The van der Waals surface area contributed by atoms with Gasteiger partial charge in [0.1, 0.15) is 5.76 Å². The van der Waals surface area contributed by atoms with Gasteiger partial charge in [0, 0.05) is 12.5 Å². The Morgan fingerprint density at radius 2 is 1.97 bits per heavy atom. The van der Waals surface area contributed by atoms with Crippen molar-refractivity contribution in [1.82, 2.24) is 4.90 Å². The molecule has 3 rings (SSSR count). The molecule has 0 spiro atoms. The van der Waals surface area contributed by atoms with Gasteiger partial charge in [-0.05, 0) is 43.6 Å². The van der Waals surface area contributed by atoms with Gasteiger partial charge in [-0.25, -0.2) is 0 Å². The van der Waals surface area contributed by atoms with Crippen LogP contribution in [0.5, 0.6) is 17.2 Å². The summed E-state index contributed by atoms with van der Waals surface area (Å²) < 4.78 is 10.9. The van der Waals surface area contributed by atoms with Crippen molar-refractivity contribution in [1.29, 1.82) is 0 Å². The number of primary amides is 1. The molecule has 1 aromatic carbocycles. The summed E-state index contributed by atoms with van der Waals surface area (Å²) in [4.78, 5) is 26.3. The van der Waals surface area contributed by atoms with Gasteiger partial charge in [0.05, 0.1) is 19.6 Å². The fraction of sp³-hybridized carbons (Fsp3) is 0.429. The largest absolute Gasteiger partial charge is 0.504 e. The Morgan fingerprint density at radius 1 is 1.24 bits per heavy atom. The minimum absolute atomic E-state index is 0.0344. The predicted octanol–water partition coefficient (Wildman–Crippen LogP) is 2.05. The number of rotatable bonds is 7. The highest BCUT2D eigenvalue weighted by Gasteiger charge is 2.26. The van der Waals surface area contributed by atoms with Crippen LogP contribution < -0.4 is 15.9 Å². The number of hydrogen-bond acceptors (Lipinski definition) is 7. The van der Waals surface area contributed by atoms with Crippen LogP contribution in [0.3, 0.4) is 0 Å². The van der Waals surface area contributed by atoms with E-state index >= 15 is 0 Å². The fourth-order valence-corrected chi connectivity index (χ4v) is 3.69. The lowest BCUT2D eigenvalue weighted by Crippen LogP contribution is -2.29. The summed E-state index contributed by atoms with van der Waals surface area (Å²) in [5.74, 6) is -1.51. The highest BCUT2D eigenvalue weighted by Crippen LogP contribution is 2.37. The quantitative estimate of drug-likeness (QED) is 0.647. The smallest absolute Gasteiger partial charge is 0.227 e. The van der Waals surface area contributed by atoms with Crippen molar-refractivity contribution in [2.24, 2.45) is 5.73 Å². The van der Waals surface area contributed by atoms with Gasteiger partial charge in [-0.2, -0.15) is 0 Å². The summed E-state index contributed by atoms with van der Waals surface area (Å²) in [7, 11) is 1.42. The van der Waals surface area contributed by atoms with E-state index in [2.05, 4.69) is 4.90 Å². The van der Waals surface area contributed by atoms with E-state index in [4.69, 9.17) is 14.9 Å². The van der Waals surface area contributed by atoms with E-state index in [1.807, 2.05) is 0 Å². The summed E-state index contributed by atoms with van der Waals surface area (Å²) in [6, 6.07) is 5.84. The minimum Gasteiger partial charge on any atom is -0.504 e. The van der Waals surface area contributed by atoms with Crippen molar-refractivity contribution in [2.75, 3.05) is 20.2 Å². The van der Waals surface area contributed by atoms with E-state index < -0.39 is 23.0 Å². The second-order valence-electron chi connectivity index (χ2n) is 7.28. The monoisotopic (exact) mass is 402 g/mol. The lowest BCUT2D eigenvalue weighted by atomic mass is 9.91. The molecule has 1 fully saturated rings. The van der Waals surface area contributed by atoms with Gasteiger partial charge in [-0.3, -0.25) is 14.5 Å². The van der Waals surface area contributed by atoms with Crippen molar-refractivity contribution in [3.05, 3.63) is 51.6 Å². The maximum atomic E-state index is 12.4. The highest BCUT2D eigenvalue weighted by molar-refractivity contribution is 5.75. The first kappa shape index (κ1) is 20.7. The third kappa shape index (κ3) is 4.89. The second-order valence-corrected chi connectivity index (χ2v) is 7.28. The molecule has 1 amide bonds. The maximum Gasteiger partial charge on any atom is 0.227 e. The number of carbonyl (C=O) groups is 1. The number of amides is 1. The van der Waals surface area contributed by atoms with Crippen molar-refractivity contribution in [3.8, 4) is 17.2 Å². The third-order valence-electron chi connectivity index (χ3n) is 5.16. The number of piperidine rings is 1. The molecule has 4 N–H and O–H groups in total. The van der Waals surface area contributed by atoms with Crippen LogP contribution in [0.1, 0.15) is 48.7 Å². The van der Waals surface area contributed by atoms with E-state index in [-0.39, 0.29) is 23.7 Å². The fourth-order valence-electron chi connectivity index (χ4n) is 3.69. The number of phenols is 1. The molecular weight excluding hydrogens is 376 g/mol. The van der Waals surface area contributed by atoms with Crippen LogP contribution in [0.15, 0.2) is 33.5 Å². The minimum atomic E-state index is -0.821. The number of methoxy groups -OCH3 is 1. The van der Waals surface area contributed by atoms with Gasteiger partial charge in [0.2, 0.25) is 17.1 Å². The van der Waals surface area contributed by atoms with E-state index in [1.165, 1.54) is 31.7 Å². The van der Waals surface area contributed by atoms with Gasteiger partial charge in [-0.1, -0.05) is 12.5 Å². The Bertz CT molecular complexity index is 933. The normalized spacial score (nSPS) is 15.8. The zero-order valence-corrected chi connectivity index (χ0v) is 16.4. The number of ether oxygens (including phenoxy) is 1. The molecule has 1 saturated heterocycles. The summed E-state index contributed by atoms with van der Waals surface area (Å²) >= 11 is 0. The molecule has 0 saturated carbocycles. The first-order chi connectivity index (χ1) is 13.9. The van der Waals surface area contributed by atoms with E-state index in [9.17, 15) is 19.8 Å². The molecule has 156 valence electrons. The number of benzene rings is 1. The van der Waals surface area contributed by atoms with Crippen LogP contribution in [-0.2, 0) is 11.3 Å². The van der Waals surface area contributed by atoms with Crippen molar-refractivity contribution >= 4 is 5.91 Å². The Labute approximate surface area is 168 Å². The Hall–Kier alpha value is -3.00. The number of nitrogens with two attached hydrogens (primary N) is 1. The average Bonchev–Trinajstić information content (AvgIpc) is 2.69. The Morgan fingerprint density at radius 3 is 2.59 bits per heavy atom. The van der Waals surface area contributed by atoms with Gasteiger partial charge in [-0.15, -0.1) is 0 Å². The summed E-state index contributed by atoms with van der Waals surface area (Å²) in [6.07, 6.45) is 3.16. The first-order valence-electron chi connectivity index (χ1n) is 9.62. The number of nitrogens with zero attached hydrogens (tertiary/aromatic N) is 1. The third-order valence-corrected chi connectivity index (χ3v) is 5.16. The van der Waals surface area contributed by atoms with E-state index in [0.29, 0.717) is 17.9 Å². The molecule has 2 heterocycles. The van der Waals surface area contributed by atoms with Crippen molar-refractivity contribution < 1.29 is 24.2 Å². The van der Waals surface area contributed by atoms with Crippen molar-refractivity contribution in [2.45, 2.75) is 38.1 Å². The van der Waals surface area contributed by atoms with Crippen LogP contribution >= 0.6 is 0 Å². The molecule has 8 heteroatoms. The Balaban J connectivity index is 2.01. The summed E-state index contributed by atoms with van der Waals surface area (Å²) in [6.45, 7) is 2.27. The summed E-state index contributed by atoms with van der Waals surface area (Å²) in [5.41, 5.74) is 5.29. The molecule has 8 nitrogen and oxygen atoms in total. The molecule has 0 radical (unpaired) electrons. The number of phenolic OH excluding ortho intramolecular Hbond substituents is 1. The molecular formula is C21H26N2O6. The molecule has 2 aromatic rings. The Kier molecular flexibility index (Phi) is 6.43. The zero-order valence-electron chi connectivity index (χ0n) is 16.4. The molecule has 1 aliphatic heterocycles. The number of carbonyl (C=O) groups excluding carboxylic acids is 1. The predicted molar refractivity (Wildman–Crippen MR) is 106 cm³/mol. The zero-order chi connectivity index (χ0) is 21.0. The van der Waals surface area contributed by atoms with Crippen LogP contribution in [-0.4, -0.2) is 41.2 Å². The highest BCUT2D eigenvalue weighted by atomic mass is 16.5. The van der Waals surface area contributed by atoms with E-state index in [0.717, 1.165) is 25.9 Å². The average molecular weight is 402 g/mol.